The Balaban J connectivity index is 1.62. The summed E-state index contributed by atoms with van der Waals surface area (Å²) < 4.78 is 16.1. The summed E-state index contributed by atoms with van der Waals surface area (Å²) in [7, 11) is 0. The zero-order valence-corrected chi connectivity index (χ0v) is 14.1. The normalized spacial score (nSPS) is 13.6. The smallest absolute Gasteiger partial charge is 0.192 e. The van der Waals surface area contributed by atoms with Crippen molar-refractivity contribution >= 4 is 11.8 Å². The maximum absolute atomic E-state index is 14.0. The summed E-state index contributed by atoms with van der Waals surface area (Å²) >= 11 is 1.44. The molecule has 0 radical (unpaired) electrons. The zero-order chi connectivity index (χ0) is 17.2. The Kier molecular flexibility index (Phi) is 4.20. The Labute approximate surface area is 148 Å². The van der Waals surface area contributed by atoms with Crippen LogP contribution in [0.5, 0.6) is 0 Å². The summed E-state index contributed by atoms with van der Waals surface area (Å²) in [5, 5.41) is 18.4. The van der Waals surface area contributed by atoms with Gasteiger partial charge in [0.15, 0.2) is 11.0 Å². The van der Waals surface area contributed by atoms with Crippen LogP contribution in [0.4, 0.5) is 4.39 Å². The highest BCUT2D eigenvalue weighted by molar-refractivity contribution is 7.98. The number of pyridine rings is 1. The van der Waals surface area contributed by atoms with Gasteiger partial charge in [0.2, 0.25) is 0 Å². The highest BCUT2D eigenvalue weighted by Crippen LogP contribution is 2.41. The van der Waals surface area contributed by atoms with Crippen LogP contribution < -0.4 is 0 Å². The minimum Gasteiger partial charge on any atom is -0.299 e. The quantitative estimate of drug-likeness (QED) is 0.651. The van der Waals surface area contributed by atoms with Crippen molar-refractivity contribution in [3.63, 3.8) is 0 Å². The van der Waals surface area contributed by atoms with Gasteiger partial charge >= 0.3 is 0 Å². The SMILES string of the molecule is N#Cc1ccc(F)c(CSc2nnc(-c3ccncc3)n2C2CC2)c1. The van der Waals surface area contributed by atoms with Gasteiger partial charge in [-0.05, 0) is 48.7 Å². The number of hydrogen-bond donors (Lipinski definition) is 0. The van der Waals surface area contributed by atoms with Gasteiger partial charge in [-0.1, -0.05) is 11.8 Å². The first-order valence-electron chi connectivity index (χ1n) is 7.93. The van der Waals surface area contributed by atoms with Crippen molar-refractivity contribution in [2.24, 2.45) is 0 Å². The lowest BCUT2D eigenvalue weighted by molar-refractivity contribution is 0.616. The van der Waals surface area contributed by atoms with Crippen LogP contribution in [0.1, 0.15) is 30.0 Å². The van der Waals surface area contributed by atoms with Gasteiger partial charge in [-0.3, -0.25) is 9.55 Å². The fourth-order valence-electron chi connectivity index (χ4n) is 2.63. The number of nitriles is 1. The van der Waals surface area contributed by atoms with Gasteiger partial charge in [0.25, 0.3) is 0 Å². The molecule has 1 aliphatic carbocycles. The van der Waals surface area contributed by atoms with E-state index in [0.717, 1.165) is 29.4 Å². The monoisotopic (exact) mass is 351 g/mol. The lowest BCUT2D eigenvalue weighted by Gasteiger charge is -2.09. The van der Waals surface area contributed by atoms with E-state index in [2.05, 4.69) is 19.7 Å². The van der Waals surface area contributed by atoms with Gasteiger partial charge in [-0.25, -0.2) is 4.39 Å². The molecule has 0 N–H and O–H groups in total. The molecule has 0 unspecified atom stereocenters. The second-order valence-corrected chi connectivity index (χ2v) is 6.79. The molecule has 1 fully saturated rings. The first-order valence-corrected chi connectivity index (χ1v) is 8.91. The molecule has 1 aliphatic rings. The van der Waals surface area contributed by atoms with Crippen molar-refractivity contribution in [2.75, 3.05) is 0 Å². The summed E-state index contributed by atoms with van der Waals surface area (Å²) in [4.78, 5) is 4.04. The van der Waals surface area contributed by atoms with Crippen LogP contribution >= 0.6 is 11.8 Å². The van der Waals surface area contributed by atoms with Crippen LogP contribution in [-0.4, -0.2) is 19.7 Å². The molecule has 0 aliphatic heterocycles. The van der Waals surface area contributed by atoms with Crippen molar-refractivity contribution in [1.29, 1.82) is 5.26 Å². The third-order valence-corrected chi connectivity index (χ3v) is 5.04. The summed E-state index contributed by atoms with van der Waals surface area (Å²) in [5.41, 5.74) is 1.93. The van der Waals surface area contributed by atoms with Crippen LogP contribution in [0.2, 0.25) is 0 Å². The summed E-state index contributed by atoms with van der Waals surface area (Å²) in [6.45, 7) is 0. The van der Waals surface area contributed by atoms with Gasteiger partial charge in [-0.15, -0.1) is 10.2 Å². The molecule has 124 valence electrons. The predicted octanol–water partition coefficient (Wildman–Crippen LogP) is 3.98. The van der Waals surface area contributed by atoms with E-state index in [9.17, 15) is 4.39 Å². The highest BCUT2D eigenvalue weighted by Gasteiger charge is 2.30. The van der Waals surface area contributed by atoms with Crippen molar-refractivity contribution in [3.05, 3.63) is 59.7 Å². The van der Waals surface area contributed by atoms with Gasteiger partial charge < -0.3 is 0 Å². The van der Waals surface area contributed by atoms with E-state index in [1.165, 1.54) is 23.9 Å². The Morgan fingerprint density at radius 3 is 2.72 bits per heavy atom. The largest absolute Gasteiger partial charge is 0.299 e. The van der Waals surface area contributed by atoms with Crippen molar-refractivity contribution in [1.82, 2.24) is 19.7 Å². The van der Waals surface area contributed by atoms with Crippen LogP contribution in [0.25, 0.3) is 11.4 Å². The molecule has 2 aromatic heterocycles. The van der Waals surface area contributed by atoms with Crippen molar-refractivity contribution < 1.29 is 4.39 Å². The second-order valence-electron chi connectivity index (χ2n) is 5.85. The van der Waals surface area contributed by atoms with Crippen LogP contribution in [0.15, 0.2) is 47.9 Å². The maximum atomic E-state index is 14.0. The summed E-state index contributed by atoms with van der Waals surface area (Å²) in [6, 6.07) is 10.7. The number of nitrogens with zero attached hydrogens (tertiary/aromatic N) is 5. The highest BCUT2D eigenvalue weighted by atomic mass is 32.2. The zero-order valence-electron chi connectivity index (χ0n) is 13.3. The average molecular weight is 351 g/mol. The number of hydrogen-bond acceptors (Lipinski definition) is 5. The molecule has 0 atom stereocenters. The molecule has 2 heterocycles. The third-order valence-electron chi connectivity index (χ3n) is 4.05. The van der Waals surface area contributed by atoms with Crippen molar-refractivity contribution in [2.45, 2.75) is 29.8 Å². The minimum atomic E-state index is -0.307. The van der Waals surface area contributed by atoms with Crippen molar-refractivity contribution in [3.8, 4) is 17.5 Å². The van der Waals surface area contributed by atoms with E-state index in [4.69, 9.17) is 5.26 Å². The molecular weight excluding hydrogens is 337 g/mol. The Hall–Kier alpha value is -2.72. The van der Waals surface area contributed by atoms with Gasteiger partial charge in [-0.2, -0.15) is 5.26 Å². The number of benzene rings is 1. The fourth-order valence-corrected chi connectivity index (χ4v) is 3.61. The summed E-state index contributed by atoms with van der Waals surface area (Å²) in [6.07, 6.45) is 5.66. The molecular formula is C18H14FN5S. The molecule has 0 amide bonds. The molecule has 3 aromatic rings. The van der Waals surface area contributed by atoms with E-state index in [-0.39, 0.29) is 5.82 Å². The van der Waals surface area contributed by atoms with E-state index >= 15 is 0 Å². The van der Waals surface area contributed by atoms with Crippen LogP contribution in [0, 0.1) is 17.1 Å². The summed E-state index contributed by atoms with van der Waals surface area (Å²) in [5.74, 6) is 0.916. The fraction of sp³-hybridized carbons (Fsp3) is 0.222. The van der Waals surface area contributed by atoms with Gasteiger partial charge in [0, 0.05) is 29.8 Å². The number of rotatable bonds is 5. The predicted molar refractivity (Wildman–Crippen MR) is 92.2 cm³/mol. The first kappa shape index (κ1) is 15.8. The maximum Gasteiger partial charge on any atom is 0.192 e. The molecule has 0 spiro atoms. The molecule has 7 heteroatoms. The molecule has 1 saturated carbocycles. The van der Waals surface area contributed by atoms with Gasteiger partial charge in [0.05, 0.1) is 11.6 Å². The third kappa shape index (κ3) is 3.26. The number of thioether (sulfide) groups is 1. The van der Waals surface area contributed by atoms with E-state index in [0.29, 0.717) is 22.9 Å². The molecule has 0 bridgehead atoms. The Bertz CT molecular complexity index is 944. The number of halogens is 1. The standard InChI is InChI=1S/C18H14FN5S/c19-16-4-1-12(10-20)9-14(16)11-25-18-23-22-17(24(18)15-2-3-15)13-5-7-21-8-6-13/h1,4-9,15H,2-3,11H2. The molecule has 4 rings (SSSR count). The van der Waals surface area contributed by atoms with E-state index in [1.807, 2.05) is 18.2 Å². The van der Waals surface area contributed by atoms with E-state index in [1.54, 1.807) is 18.5 Å². The average Bonchev–Trinajstić information content (AvgIpc) is 3.41. The minimum absolute atomic E-state index is 0.307. The Morgan fingerprint density at radius 1 is 1.20 bits per heavy atom. The molecule has 5 nitrogen and oxygen atoms in total. The van der Waals surface area contributed by atoms with Crippen LogP contribution in [-0.2, 0) is 5.75 Å². The molecule has 0 saturated heterocycles. The lowest BCUT2D eigenvalue weighted by atomic mass is 10.1. The molecule has 25 heavy (non-hydrogen) atoms. The van der Waals surface area contributed by atoms with Crippen LogP contribution in [0.3, 0.4) is 0 Å². The second kappa shape index (κ2) is 6.65. The topological polar surface area (TPSA) is 67.4 Å². The Morgan fingerprint density at radius 2 is 2.00 bits per heavy atom. The lowest BCUT2D eigenvalue weighted by Crippen LogP contribution is -2.00. The first-order chi connectivity index (χ1) is 12.3. The number of aromatic nitrogens is 4. The van der Waals surface area contributed by atoms with E-state index < -0.39 is 0 Å². The molecule has 1 aromatic carbocycles. The van der Waals surface area contributed by atoms with Gasteiger partial charge in [0.1, 0.15) is 5.82 Å².